The monoisotopic (exact) mass is 386 g/mol. The van der Waals surface area contributed by atoms with Gasteiger partial charge in [0.05, 0.1) is 5.25 Å². The summed E-state index contributed by atoms with van der Waals surface area (Å²) >= 11 is 1.50. The van der Waals surface area contributed by atoms with Crippen LogP contribution in [0, 0.1) is 0 Å². The number of carbonyl (C=O) groups excluding carboxylic acids is 2. The molecule has 6 nitrogen and oxygen atoms in total. The Morgan fingerprint density at radius 3 is 2.22 bits per heavy atom. The van der Waals surface area contributed by atoms with Crippen LogP contribution in [0.15, 0.2) is 59.5 Å². The Kier molecular flexibility index (Phi) is 7.43. The molecule has 3 N–H and O–H groups in total. The lowest BCUT2D eigenvalue weighted by atomic mass is 10.1. The Morgan fingerprint density at radius 1 is 1.04 bits per heavy atom. The number of rotatable bonds is 8. The van der Waals surface area contributed by atoms with Crippen LogP contribution in [0.1, 0.15) is 30.6 Å². The van der Waals surface area contributed by atoms with Crippen molar-refractivity contribution >= 4 is 35.2 Å². The number of carbonyl (C=O) groups is 3. The first-order valence-electron chi connectivity index (χ1n) is 8.57. The van der Waals surface area contributed by atoms with Crippen LogP contribution in [-0.2, 0) is 9.59 Å². The van der Waals surface area contributed by atoms with Gasteiger partial charge in [0.1, 0.15) is 6.04 Å². The molecule has 0 aliphatic carbocycles. The smallest absolute Gasteiger partial charge is 0.325 e. The van der Waals surface area contributed by atoms with E-state index in [1.807, 2.05) is 37.3 Å². The first-order chi connectivity index (χ1) is 12.9. The second-order valence-corrected chi connectivity index (χ2v) is 7.20. The van der Waals surface area contributed by atoms with Gasteiger partial charge in [-0.25, -0.2) is 0 Å². The average molecular weight is 386 g/mol. The van der Waals surface area contributed by atoms with Gasteiger partial charge in [0.2, 0.25) is 5.91 Å². The number of hydrogen-bond acceptors (Lipinski definition) is 4. The van der Waals surface area contributed by atoms with Crippen LogP contribution in [0.4, 0.5) is 5.69 Å². The molecule has 0 saturated heterocycles. The van der Waals surface area contributed by atoms with Crippen molar-refractivity contribution in [2.45, 2.75) is 36.5 Å². The molecule has 0 heterocycles. The number of carboxylic acid groups (broad SMARTS) is 1. The third kappa shape index (κ3) is 6.14. The van der Waals surface area contributed by atoms with Crippen LogP contribution >= 0.6 is 11.8 Å². The molecule has 7 heteroatoms. The van der Waals surface area contributed by atoms with Crippen LogP contribution < -0.4 is 10.6 Å². The first kappa shape index (κ1) is 20.5. The number of nitrogens with one attached hydrogen (secondary N) is 2. The van der Waals surface area contributed by atoms with Crippen LogP contribution in [-0.4, -0.2) is 34.2 Å². The maximum atomic E-state index is 12.5. The van der Waals surface area contributed by atoms with Crippen molar-refractivity contribution in [1.29, 1.82) is 0 Å². The fraction of sp³-hybridized carbons (Fsp3) is 0.250. The molecular weight excluding hydrogens is 364 g/mol. The lowest BCUT2D eigenvalue weighted by molar-refractivity contribution is -0.138. The van der Waals surface area contributed by atoms with Crippen molar-refractivity contribution in [2.24, 2.45) is 0 Å². The Balaban J connectivity index is 1.97. The van der Waals surface area contributed by atoms with Gasteiger partial charge in [-0.05, 0) is 49.7 Å². The highest BCUT2D eigenvalue weighted by molar-refractivity contribution is 8.00. The highest BCUT2D eigenvalue weighted by Gasteiger charge is 2.19. The Hall–Kier alpha value is -2.80. The fourth-order valence-corrected chi connectivity index (χ4v) is 3.23. The van der Waals surface area contributed by atoms with Crippen molar-refractivity contribution in [3.63, 3.8) is 0 Å². The number of benzene rings is 2. The molecule has 0 aromatic heterocycles. The predicted molar refractivity (Wildman–Crippen MR) is 106 cm³/mol. The van der Waals surface area contributed by atoms with Gasteiger partial charge in [-0.15, -0.1) is 11.8 Å². The molecule has 0 bridgehead atoms. The molecule has 0 saturated carbocycles. The minimum Gasteiger partial charge on any atom is -0.480 e. The van der Waals surface area contributed by atoms with E-state index in [-0.39, 0.29) is 11.2 Å². The van der Waals surface area contributed by atoms with Gasteiger partial charge < -0.3 is 15.7 Å². The van der Waals surface area contributed by atoms with E-state index in [0.29, 0.717) is 17.7 Å². The summed E-state index contributed by atoms with van der Waals surface area (Å²) in [6.45, 7) is 3.35. The molecule has 2 atom stereocenters. The number of hydrogen-bond donors (Lipinski definition) is 3. The summed E-state index contributed by atoms with van der Waals surface area (Å²) in [4.78, 5) is 36.3. The molecule has 142 valence electrons. The predicted octanol–water partition coefficient (Wildman–Crippen LogP) is 3.40. The maximum absolute atomic E-state index is 12.5. The van der Waals surface area contributed by atoms with E-state index in [1.165, 1.54) is 18.7 Å². The third-order valence-electron chi connectivity index (χ3n) is 3.82. The highest BCUT2D eigenvalue weighted by Crippen LogP contribution is 2.26. The molecule has 2 aromatic carbocycles. The zero-order valence-corrected chi connectivity index (χ0v) is 16.0. The summed E-state index contributed by atoms with van der Waals surface area (Å²) in [5.41, 5.74) is 0.904. The van der Waals surface area contributed by atoms with Crippen LogP contribution in [0.2, 0.25) is 0 Å². The van der Waals surface area contributed by atoms with Gasteiger partial charge in [-0.3, -0.25) is 14.4 Å². The summed E-state index contributed by atoms with van der Waals surface area (Å²) < 4.78 is 0. The zero-order valence-electron chi connectivity index (χ0n) is 15.1. The van der Waals surface area contributed by atoms with Gasteiger partial charge in [0.25, 0.3) is 5.91 Å². The zero-order chi connectivity index (χ0) is 19.8. The molecule has 2 unspecified atom stereocenters. The van der Waals surface area contributed by atoms with Crippen LogP contribution in [0.3, 0.4) is 0 Å². The van der Waals surface area contributed by atoms with Crippen molar-refractivity contribution < 1.29 is 19.5 Å². The lowest BCUT2D eigenvalue weighted by Crippen LogP contribution is -2.38. The average Bonchev–Trinajstić information content (AvgIpc) is 2.67. The molecule has 0 spiro atoms. The van der Waals surface area contributed by atoms with E-state index < -0.39 is 17.9 Å². The number of aliphatic carboxylic acids is 1. The van der Waals surface area contributed by atoms with Crippen LogP contribution in [0.5, 0.6) is 0 Å². The SMILES string of the molecule is CCC(Sc1ccccc1)C(=O)Nc1ccc(C(=O)NC(C)C(=O)O)cc1. The number of amides is 2. The van der Waals surface area contributed by atoms with E-state index in [1.54, 1.807) is 24.3 Å². The second-order valence-electron chi connectivity index (χ2n) is 5.93. The first-order valence-corrected chi connectivity index (χ1v) is 9.45. The van der Waals surface area contributed by atoms with E-state index in [2.05, 4.69) is 10.6 Å². The van der Waals surface area contributed by atoms with E-state index >= 15 is 0 Å². The Bertz CT molecular complexity index is 793. The van der Waals surface area contributed by atoms with Crippen molar-refractivity contribution in [3.8, 4) is 0 Å². The van der Waals surface area contributed by atoms with Gasteiger partial charge in [-0.1, -0.05) is 25.1 Å². The van der Waals surface area contributed by atoms with Crippen LogP contribution in [0.25, 0.3) is 0 Å². The van der Waals surface area contributed by atoms with Gasteiger partial charge >= 0.3 is 5.97 Å². The lowest BCUT2D eigenvalue weighted by Gasteiger charge is -2.15. The molecule has 2 aromatic rings. The topological polar surface area (TPSA) is 95.5 Å². The molecule has 0 radical (unpaired) electrons. The van der Waals surface area contributed by atoms with E-state index in [0.717, 1.165) is 4.90 Å². The minimum absolute atomic E-state index is 0.108. The fourth-order valence-electron chi connectivity index (χ4n) is 2.25. The molecule has 2 amide bonds. The summed E-state index contributed by atoms with van der Waals surface area (Å²) in [5.74, 6) is -1.69. The van der Waals surface area contributed by atoms with Crippen molar-refractivity contribution in [3.05, 3.63) is 60.2 Å². The second kappa shape index (κ2) is 9.78. The van der Waals surface area contributed by atoms with Crippen molar-refractivity contribution in [1.82, 2.24) is 5.32 Å². The molecular formula is C20H22N2O4S. The molecule has 27 heavy (non-hydrogen) atoms. The standard InChI is InChI=1S/C20H22N2O4S/c1-3-17(27-16-7-5-4-6-8-16)19(24)22-15-11-9-14(10-12-15)18(23)21-13(2)20(25)26/h4-13,17H,3H2,1-2H3,(H,21,23)(H,22,24)(H,25,26). The Labute approximate surface area is 162 Å². The third-order valence-corrected chi connectivity index (χ3v) is 5.19. The van der Waals surface area contributed by atoms with Gasteiger partial charge in [0, 0.05) is 16.1 Å². The molecule has 0 fully saturated rings. The Morgan fingerprint density at radius 2 is 1.67 bits per heavy atom. The maximum Gasteiger partial charge on any atom is 0.325 e. The van der Waals surface area contributed by atoms with Gasteiger partial charge in [0.15, 0.2) is 0 Å². The molecule has 0 aliphatic rings. The minimum atomic E-state index is -1.10. The number of anilines is 1. The number of thioether (sulfide) groups is 1. The summed E-state index contributed by atoms with van der Waals surface area (Å²) in [6.07, 6.45) is 0.680. The summed E-state index contributed by atoms with van der Waals surface area (Å²) in [7, 11) is 0. The van der Waals surface area contributed by atoms with Gasteiger partial charge in [-0.2, -0.15) is 0 Å². The van der Waals surface area contributed by atoms with E-state index in [9.17, 15) is 14.4 Å². The van der Waals surface area contributed by atoms with E-state index in [4.69, 9.17) is 5.11 Å². The molecule has 0 aliphatic heterocycles. The quantitative estimate of drug-likeness (QED) is 0.605. The number of carboxylic acids is 1. The molecule has 2 rings (SSSR count). The summed E-state index contributed by atoms with van der Waals surface area (Å²) in [6, 6.07) is 15.1. The highest BCUT2D eigenvalue weighted by atomic mass is 32.2. The summed E-state index contributed by atoms with van der Waals surface area (Å²) in [5, 5.41) is 13.8. The van der Waals surface area contributed by atoms with Crippen molar-refractivity contribution in [2.75, 3.05) is 5.32 Å². The normalized spacial score (nSPS) is 12.7. The largest absolute Gasteiger partial charge is 0.480 e.